The van der Waals surface area contributed by atoms with Gasteiger partial charge in [-0.2, -0.15) is 0 Å². The van der Waals surface area contributed by atoms with Crippen LogP contribution in [0.15, 0.2) is 52.9 Å². The quantitative estimate of drug-likeness (QED) is 0.732. The first-order valence-corrected chi connectivity index (χ1v) is 7.69. The summed E-state index contributed by atoms with van der Waals surface area (Å²) < 4.78 is 5.88. The van der Waals surface area contributed by atoms with E-state index in [-0.39, 0.29) is 5.78 Å². The van der Waals surface area contributed by atoms with Crippen molar-refractivity contribution >= 4 is 16.8 Å². The smallest absolute Gasteiger partial charge is 0.228 e. The Labute approximate surface area is 135 Å². The fraction of sp³-hybridized carbons (Fsp3) is 0.250. The first-order chi connectivity index (χ1) is 10.8. The van der Waals surface area contributed by atoms with Crippen LogP contribution in [0.4, 0.5) is 0 Å². The summed E-state index contributed by atoms with van der Waals surface area (Å²) in [7, 11) is 0. The van der Waals surface area contributed by atoms with Crippen LogP contribution < -0.4 is 0 Å². The largest absolute Gasteiger partial charge is 0.452 e. The van der Waals surface area contributed by atoms with Crippen LogP contribution >= 0.6 is 0 Å². The fourth-order valence-corrected chi connectivity index (χ4v) is 2.77. The van der Waals surface area contributed by atoms with Gasteiger partial charge in [-0.05, 0) is 32.4 Å². The van der Waals surface area contributed by atoms with Gasteiger partial charge in [0.15, 0.2) is 5.76 Å². The molecule has 0 atom stereocenters. The summed E-state index contributed by atoms with van der Waals surface area (Å²) in [6.45, 7) is 5.45. The monoisotopic (exact) mass is 308 g/mol. The number of aliphatic hydroxyl groups is 1. The molecule has 0 aliphatic rings. The molecule has 0 amide bonds. The maximum absolute atomic E-state index is 12.8. The molecule has 1 N–H and O–H groups in total. The third kappa shape index (κ3) is 3.20. The van der Waals surface area contributed by atoms with Gasteiger partial charge in [-0.15, -0.1) is 0 Å². The van der Waals surface area contributed by atoms with E-state index in [0.717, 1.165) is 16.5 Å². The van der Waals surface area contributed by atoms with Crippen molar-refractivity contribution in [2.45, 2.75) is 32.8 Å². The Balaban J connectivity index is 2.18. The molecule has 0 aliphatic carbocycles. The van der Waals surface area contributed by atoms with Crippen LogP contribution in [0.2, 0.25) is 0 Å². The number of ketones is 1. The summed E-state index contributed by atoms with van der Waals surface area (Å²) in [4.78, 5) is 12.8. The second kappa shape index (κ2) is 5.67. The van der Waals surface area contributed by atoms with Crippen LogP contribution in [0, 0.1) is 6.92 Å². The van der Waals surface area contributed by atoms with Gasteiger partial charge in [-0.3, -0.25) is 4.79 Å². The highest BCUT2D eigenvalue weighted by molar-refractivity contribution is 6.10. The number of carbonyl (C=O) groups excluding carboxylic acids is 1. The Bertz CT molecular complexity index is 852. The van der Waals surface area contributed by atoms with Gasteiger partial charge in [0.2, 0.25) is 5.78 Å². The average molecular weight is 308 g/mol. The Morgan fingerprint density at radius 1 is 1.13 bits per heavy atom. The van der Waals surface area contributed by atoms with Crippen LogP contribution in [-0.2, 0) is 6.42 Å². The van der Waals surface area contributed by atoms with Crippen molar-refractivity contribution in [3.63, 3.8) is 0 Å². The third-order valence-corrected chi connectivity index (χ3v) is 3.80. The van der Waals surface area contributed by atoms with Crippen LogP contribution in [-0.4, -0.2) is 16.5 Å². The molecule has 0 bridgehead atoms. The zero-order valence-corrected chi connectivity index (χ0v) is 13.6. The molecule has 1 aromatic heterocycles. The van der Waals surface area contributed by atoms with E-state index in [4.69, 9.17) is 4.42 Å². The first kappa shape index (κ1) is 15.5. The molecular weight excluding hydrogens is 288 g/mol. The van der Waals surface area contributed by atoms with Gasteiger partial charge >= 0.3 is 0 Å². The SMILES string of the molecule is Cc1ccc2c(CC(C)(C)O)c(C(=O)c3ccccc3)oc2c1. The lowest BCUT2D eigenvalue weighted by atomic mass is 9.94. The van der Waals surface area contributed by atoms with E-state index in [0.29, 0.717) is 23.3 Å². The lowest BCUT2D eigenvalue weighted by Crippen LogP contribution is -2.23. The Hall–Kier alpha value is -2.39. The minimum absolute atomic E-state index is 0.154. The molecule has 0 saturated carbocycles. The number of benzene rings is 2. The lowest BCUT2D eigenvalue weighted by molar-refractivity contribution is 0.0804. The average Bonchev–Trinajstić information content (AvgIpc) is 2.83. The lowest BCUT2D eigenvalue weighted by Gasteiger charge is -2.16. The highest BCUT2D eigenvalue weighted by Gasteiger charge is 2.26. The summed E-state index contributed by atoms with van der Waals surface area (Å²) in [6, 6.07) is 14.9. The second-order valence-electron chi connectivity index (χ2n) is 6.59. The van der Waals surface area contributed by atoms with Crippen LogP contribution in [0.1, 0.15) is 41.1 Å². The molecule has 3 nitrogen and oxygen atoms in total. The fourth-order valence-electron chi connectivity index (χ4n) is 2.77. The molecule has 1 heterocycles. The van der Waals surface area contributed by atoms with Crippen LogP contribution in [0.5, 0.6) is 0 Å². The predicted molar refractivity (Wildman–Crippen MR) is 90.8 cm³/mol. The van der Waals surface area contributed by atoms with E-state index in [1.165, 1.54) is 0 Å². The molecule has 3 heteroatoms. The molecular formula is C20H20O3. The van der Waals surface area contributed by atoms with Gasteiger partial charge in [0, 0.05) is 22.9 Å². The highest BCUT2D eigenvalue weighted by atomic mass is 16.3. The van der Waals surface area contributed by atoms with Gasteiger partial charge in [0.1, 0.15) is 5.58 Å². The van der Waals surface area contributed by atoms with Gasteiger partial charge in [0.25, 0.3) is 0 Å². The molecule has 3 rings (SSSR count). The molecule has 0 saturated heterocycles. The van der Waals surface area contributed by atoms with Gasteiger partial charge in [-0.1, -0.05) is 42.5 Å². The summed E-state index contributed by atoms with van der Waals surface area (Å²) >= 11 is 0. The van der Waals surface area contributed by atoms with E-state index < -0.39 is 5.60 Å². The molecule has 0 spiro atoms. The minimum atomic E-state index is -0.923. The van der Waals surface area contributed by atoms with Crippen molar-refractivity contribution in [1.29, 1.82) is 0 Å². The van der Waals surface area contributed by atoms with Crippen molar-refractivity contribution < 1.29 is 14.3 Å². The molecule has 0 aliphatic heterocycles. The Morgan fingerprint density at radius 2 is 1.83 bits per heavy atom. The maximum Gasteiger partial charge on any atom is 0.228 e. The normalized spacial score (nSPS) is 11.8. The van der Waals surface area contributed by atoms with Crippen LogP contribution in [0.25, 0.3) is 11.0 Å². The molecule has 2 aromatic carbocycles. The van der Waals surface area contributed by atoms with Crippen molar-refractivity contribution in [3.05, 3.63) is 71.0 Å². The molecule has 0 unspecified atom stereocenters. The van der Waals surface area contributed by atoms with Crippen molar-refractivity contribution in [1.82, 2.24) is 0 Å². The van der Waals surface area contributed by atoms with E-state index >= 15 is 0 Å². The summed E-state index contributed by atoms with van der Waals surface area (Å²) in [6.07, 6.45) is 0.358. The standard InChI is InChI=1S/C20H20O3/c1-13-9-10-15-16(12-20(2,3)22)19(23-17(15)11-13)18(21)14-7-5-4-6-8-14/h4-11,22H,12H2,1-3H3. The first-order valence-electron chi connectivity index (χ1n) is 7.69. The van der Waals surface area contributed by atoms with E-state index in [1.807, 2.05) is 43.3 Å². The third-order valence-electron chi connectivity index (χ3n) is 3.80. The number of aryl methyl sites for hydroxylation is 1. The Kier molecular flexibility index (Phi) is 3.82. The molecule has 0 fully saturated rings. The predicted octanol–water partition coefficient (Wildman–Crippen LogP) is 4.29. The number of furan rings is 1. The van der Waals surface area contributed by atoms with Crippen molar-refractivity contribution in [2.24, 2.45) is 0 Å². The van der Waals surface area contributed by atoms with E-state index in [2.05, 4.69) is 0 Å². The number of carbonyl (C=O) groups is 1. The van der Waals surface area contributed by atoms with Crippen LogP contribution in [0.3, 0.4) is 0 Å². The van der Waals surface area contributed by atoms with Gasteiger partial charge in [-0.25, -0.2) is 0 Å². The summed E-state index contributed by atoms with van der Waals surface area (Å²) in [5.74, 6) is 0.164. The second-order valence-corrected chi connectivity index (χ2v) is 6.59. The van der Waals surface area contributed by atoms with Gasteiger partial charge in [0.05, 0.1) is 5.60 Å². The molecule has 0 radical (unpaired) electrons. The Morgan fingerprint density at radius 3 is 2.48 bits per heavy atom. The number of fused-ring (bicyclic) bond motifs is 1. The number of rotatable bonds is 4. The summed E-state index contributed by atoms with van der Waals surface area (Å²) in [5.41, 5.74) is 2.18. The topological polar surface area (TPSA) is 50.4 Å². The van der Waals surface area contributed by atoms with E-state index in [1.54, 1.807) is 26.0 Å². The van der Waals surface area contributed by atoms with Crippen molar-refractivity contribution in [3.8, 4) is 0 Å². The summed E-state index contributed by atoms with van der Waals surface area (Å²) in [5, 5.41) is 11.1. The molecule has 118 valence electrons. The highest BCUT2D eigenvalue weighted by Crippen LogP contribution is 2.31. The molecule has 23 heavy (non-hydrogen) atoms. The maximum atomic E-state index is 12.8. The van der Waals surface area contributed by atoms with Crippen molar-refractivity contribution in [2.75, 3.05) is 0 Å². The zero-order chi connectivity index (χ0) is 16.6. The van der Waals surface area contributed by atoms with E-state index in [9.17, 15) is 9.90 Å². The minimum Gasteiger partial charge on any atom is -0.452 e. The number of hydrogen-bond acceptors (Lipinski definition) is 3. The number of hydrogen-bond donors (Lipinski definition) is 1. The zero-order valence-electron chi connectivity index (χ0n) is 13.6. The van der Waals surface area contributed by atoms with Gasteiger partial charge < -0.3 is 9.52 Å². The molecule has 3 aromatic rings.